The summed E-state index contributed by atoms with van der Waals surface area (Å²) in [6.45, 7) is 5.80. The summed E-state index contributed by atoms with van der Waals surface area (Å²) in [6.07, 6.45) is 1.28. The Morgan fingerprint density at radius 1 is 1.19 bits per heavy atom. The number of para-hydroxylation sites is 2. The Labute approximate surface area is 157 Å². The molecule has 0 saturated heterocycles. The Balaban J connectivity index is 1.97. The Kier molecular flexibility index (Phi) is 4.07. The van der Waals surface area contributed by atoms with Gasteiger partial charge in [-0.15, -0.1) is 11.3 Å². The predicted molar refractivity (Wildman–Crippen MR) is 105 cm³/mol. The number of ketones is 1. The molecule has 0 spiro atoms. The van der Waals surface area contributed by atoms with E-state index in [0.29, 0.717) is 6.42 Å². The highest BCUT2D eigenvalue weighted by Crippen LogP contribution is 2.48. The first-order valence-electron chi connectivity index (χ1n) is 8.90. The zero-order valence-electron chi connectivity index (χ0n) is 15.2. The number of benzene rings is 1. The number of nitrogens with zero attached hydrogens (tertiary/aromatic N) is 2. The highest BCUT2D eigenvalue weighted by Gasteiger charge is 2.47. The first kappa shape index (κ1) is 17.2. The number of anilines is 1. The van der Waals surface area contributed by atoms with Crippen molar-refractivity contribution < 1.29 is 9.59 Å². The van der Waals surface area contributed by atoms with Crippen LogP contribution in [0.3, 0.4) is 0 Å². The number of aliphatic imine (C=N–C) groups is 1. The molecule has 0 bridgehead atoms. The van der Waals surface area contributed by atoms with Gasteiger partial charge in [-0.3, -0.25) is 14.6 Å². The standard InChI is InChI=1S/C21H22N2O2S/c1-13(24)23-16-8-5-4-7-14(16)22-15-11-21(2,3)12-17(25)19(15)20(23)18-9-6-10-26-18/h4-10,19-20H,11-12H2,1-3H3. The van der Waals surface area contributed by atoms with Crippen LogP contribution in [0.5, 0.6) is 0 Å². The summed E-state index contributed by atoms with van der Waals surface area (Å²) in [5.74, 6) is -0.264. The monoisotopic (exact) mass is 366 g/mol. The largest absolute Gasteiger partial charge is 0.301 e. The summed E-state index contributed by atoms with van der Waals surface area (Å²) in [5, 5.41) is 2.00. The smallest absolute Gasteiger partial charge is 0.224 e. The number of carbonyl (C=O) groups excluding carboxylic acids is 2. The molecule has 4 nitrogen and oxygen atoms in total. The highest BCUT2D eigenvalue weighted by molar-refractivity contribution is 7.10. The Morgan fingerprint density at radius 2 is 1.96 bits per heavy atom. The summed E-state index contributed by atoms with van der Waals surface area (Å²) < 4.78 is 0. The van der Waals surface area contributed by atoms with Gasteiger partial charge in [0.25, 0.3) is 0 Å². The van der Waals surface area contributed by atoms with Crippen LogP contribution in [0.2, 0.25) is 0 Å². The maximum absolute atomic E-state index is 13.2. The van der Waals surface area contributed by atoms with Crippen LogP contribution in [0.15, 0.2) is 46.8 Å². The van der Waals surface area contributed by atoms with Crippen molar-refractivity contribution in [1.29, 1.82) is 0 Å². The average molecular weight is 366 g/mol. The second-order valence-electron chi connectivity index (χ2n) is 7.90. The van der Waals surface area contributed by atoms with Crippen molar-refractivity contribution in [3.8, 4) is 0 Å². The molecule has 2 aromatic rings. The third kappa shape index (κ3) is 2.80. The van der Waals surface area contributed by atoms with Gasteiger partial charge in [-0.2, -0.15) is 0 Å². The fourth-order valence-corrected chi connectivity index (χ4v) is 5.08. The van der Waals surface area contributed by atoms with Crippen LogP contribution in [0.1, 0.15) is 44.5 Å². The third-order valence-electron chi connectivity index (χ3n) is 5.19. The minimum Gasteiger partial charge on any atom is -0.301 e. The molecule has 2 atom stereocenters. The van der Waals surface area contributed by atoms with Crippen LogP contribution >= 0.6 is 11.3 Å². The molecule has 26 heavy (non-hydrogen) atoms. The van der Waals surface area contributed by atoms with Gasteiger partial charge < -0.3 is 4.90 Å². The van der Waals surface area contributed by atoms with Crippen molar-refractivity contribution in [3.05, 3.63) is 46.7 Å². The summed E-state index contributed by atoms with van der Waals surface area (Å²) in [5.41, 5.74) is 2.35. The van der Waals surface area contributed by atoms with Crippen molar-refractivity contribution in [1.82, 2.24) is 0 Å². The summed E-state index contributed by atoms with van der Waals surface area (Å²) in [6, 6.07) is 11.4. The summed E-state index contributed by atoms with van der Waals surface area (Å²) in [4.78, 5) is 33.6. The van der Waals surface area contributed by atoms with Crippen LogP contribution in [0.4, 0.5) is 11.4 Å². The third-order valence-corrected chi connectivity index (χ3v) is 6.13. The predicted octanol–water partition coefficient (Wildman–Crippen LogP) is 4.93. The molecule has 1 aliphatic carbocycles. The number of rotatable bonds is 1. The number of hydrogen-bond donors (Lipinski definition) is 0. The Morgan fingerprint density at radius 3 is 2.65 bits per heavy atom. The van der Waals surface area contributed by atoms with Crippen LogP contribution in [0.25, 0.3) is 0 Å². The van der Waals surface area contributed by atoms with E-state index in [4.69, 9.17) is 4.99 Å². The lowest BCUT2D eigenvalue weighted by atomic mass is 9.68. The average Bonchev–Trinajstić information content (AvgIpc) is 3.02. The second kappa shape index (κ2) is 6.16. The van der Waals surface area contributed by atoms with Gasteiger partial charge >= 0.3 is 0 Å². The number of thiophene rings is 1. The van der Waals surface area contributed by atoms with Crippen molar-refractivity contribution in [2.45, 2.75) is 39.7 Å². The fraction of sp³-hybridized carbons (Fsp3) is 0.381. The van der Waals surface area contributed by atoms with Gasteiger partial charge in [-0.25, -0.2) is 0 Å². The summed E-state index contributed by atoms with van der Waals surface area (Å²) in [7, 11) is 0. The van der Waals surface area contributed by atoms with E-state index in [2.05, 4.69) is 13.8 Å². The number of hydrogen-bond acceptors (Lipinski definition) is 4. The Bertz CT molecular complexity index is 898. The maximum Gasteiger partial charge on any atom is 0.224 e. The van der Waals surface area contributed by atoms with Gasteiger partial charge in [-0.1, -0.05) is 32.0 Å². The molecule has 1 aromatic carbocycles. The molecule has 1 amide bonds. The minimum atomic E-state index is -0.377. The SMILES string of the molecule is CC(=O)N1c2ccccc2N=C2CC(C)(C)CC(=O)C2C1c1cccs1. The number of amides is 1. The molecular weight excluding hydrogens is 344 g/mol. The van der Waals surface area contributed by atoms with Gasteiger partial charge in [0.05, 0.1) is 23.3 Å². The number of fused-ring (bicyclic) bond motifs is 2. The number of Topliss-reactive ketones (excluding diaryl/α,β-unsaturated/α-hetero) is 1. The van der Waals surface area contributed by atoms with Gasteiger partial charge in [0.15, 0.2) is 0 Å². The molecule has 2 unspecified atom stereocenters. The van der Waals surface area contributed by atoms with E-state index in [1.54, 1.807) is 23.2 Å². The van der Waals surface area contributed by atoms with Crippen molar-refractivity contribution >= 4 is 40.1 Å². The van der Waals surface area contributed by atoms with Crippen LogP contribution in [-0.2, 0) is 9.59 Å². The molecule has 5 heteroatoms. The van der Waals surface area contributed by atoms with E-state index in [1.165, 1.54) is 0 Å². The van der Waals surface area contributed by atoms with E-state index in [9.17, 15) is 9.59 Å². The van der Waals surface area contributed by atoms with Gasteiger partial charge in [0, 0.05) is 23.9 Å². The zero-order valence-corrected chi connectivity index (χ0v) is 16.0. The van der Waals surface area contributed by atoms with E-state index in [-0.39, 0.29) is 29.1 Å². The molecular formula is C21H22N2O2S. The fourth-order valence-electron chi connectivity index (χ4n) is 4.23. The van der Waals surface area contributed by atoms with Crippen LogP contribution in [0, 0.1) is 11.3 Å². The van der Waals surface area contributed by atoms with Gasteiger partial charge in [0.1, 0.15) is 5.78 Å². The van der Waals surface area contributed by atoms with Gasteiger partial charge in [-0.05, 0) is 35.4 Å². The molecule has 1 saturated carbocycles. The second-order valence-corrected chi connectivity index (χ2v) is 8.88. The number of carbonyl (C=O) groups is 2. The molecule has 1 fully saturated rings. The lowest BCUT2D eigenvalue weighted by Gasteiger charge is -2.40. The minimum absolute atomic E-state index is 0.0649. The van der Waals surface area contributed by atoms with Crippen LogP contribution < -0.4 is 4.90 Å². The summed E-state index contributed by atoms with van der Waals surface area (Å²) >= 11 is 1.59. The van der Waals surface area contributed by atoms with Crippen molar-refractivity contribution in [3.63, 3.8) is 0 Å². The zero-order chi connectivity index (χ0) is 18.5. The van der Waals surface area contributed by atoms with E-state index in [0.717, 1.165) is 28.4 Å². The van der Waals surface area contributed by atoms with E-state index >= 15 is 0 Å². The van der Waals surface area contributed by atoms with Crippen LogP contribution in [-0.4, -0.2) is 17.4 Å². The first-order chi connectivity index (χ1) is 12.4. The molecule has 2 heterocycles. The molecule has 4 rings (SSSR count). The molecule has 2 aliphatic rings. The van der Waals surface area contributed by atoms with Crippen molar-refractivity contribution in [2.24, 2.45) is 16.3 Å². The molecule has 1 aromatic heterocycles. The van der Waals surface area contributed by atoms with E-state index in [1.807, 2.05) is 41.8 Å². The first-order valence-corrected chi connectivity index (χ1v) is 9.78. The maximum atomic E-state index is 13.2. The quantitative estimate of drug-likeness (QED) is 0.718. The lowest BCUT2D eigenvalue weighted by molar-refractivity contribution is -0.124. The van der Waals surface area contributed by atoms with E-state index < -0.39 is 0 Å². The normalized spacial score (nSPS) is 24.3. The topological polar surface area (TPSA) is 49.7 Å². The molecule has 0 N–H and O–H groups in total. The van der Waals surface area contributed by atoms with Crippen molar-refractivity contribution in [2.75, 3.05) is 4.90 Å². The lowest BCUT2D eigenvalue weighted by Crippen LogP contribution is -2.46. The molecule has 134 valence electrons. The highest BCUT2D eigenvalue weighted by atomic mass is 32.1. The molecule has 1 aliphatic heterocycles. The van der Waals surface area contributed by atoms with Gasteiger partial charge in [0.2, 0.25) is 5.91 Å². The Hall–Kier alpha value is -2.27. The molecule has 0 radical (unpaired) electrons.